The number of carboxylic acid groups (broad SMARTS) is 1. The molecule has 0 saturated heterocycles. The van der Waals surface area contributed by atoms with Crippen LogP contribution in [0.3, 0.4) is 0 Å². The molecule has 2 rings (SSSR count). The molecular formula is C14H12N2O5. The van der Waals surface area contributed by atoms with E-state index in [-0.39, 0.29) is 10.3 Å². The van der Waals surface area contributed by atoms with Crippen LogP contribution in [-0.2, 0) is 4.79 Å². The summed E-state index contributed by atoms with van der Waals surface area (Å²) in [5.74, 6) is -1.93. The highest BCUT2D eigenvalue weighted by Gasteiger charge is 2.22. The van der Waals surface area contributed by atoms with Gasteiger partial charge in [0.1, 0.15) is 0 Å². The lowest BCUT2D eigenvalue weighted by atomic mass is 10.1. The Morgan fingerprint density at radius 1 is 1.10 bits per heavy atom. The van der Waals surface area contributed by atoms with E-state index < -0.39 is 23.5 Å². The second kappa shape index (κ2) is 5.91. The minimum Gasteiger partial charge on any atom is -0.479 e. The predicted octanol–water partition coefficient (Wildman–Crippen LogP) is 0.641. The van der Waals surface area contributed by atoms with Crippen LogP contribution < -0.4 is 10.9 Å². The number of hydrogen-bond acceptors (Lipinski definition) is 4. The number of amides is 1. The molecule has 7 heteroatoms. The van der Waals surface area contributed by atoms with Gasteiger partial charge in [-0.1, -0.05) is 30.3 Å². The van der Waals surface area contributed by atoms with E-state index >= 15 is 0 Å². The molecule has 0 spiro atoms. The van der Waals surface area contributed by atoms with Gasteiger partial charge < -0.3 is 15.6 Å². The van der Waals surface area contributed by atoms with E-state index in [1.165, 1.54) is 6.07 Å². The minimum absolute atomic E-state index is 0.0284. The van der Waals surface area contributed by atoms with Gasteiger partial charge in [-0.15, -0.1) is 0 Å². The molecule has 0 aliphatic carbocycles. The van der Waals surface area contributed by atoms with Crippen LogP contribution in [0.15, 0.2) is 53.5 Å². The summed E-state index contributed by atoms with van der Waals surface area (Å²) >= 11 is 0. The number of rotatable bonds is 4. The van der Waals surface area contributed by atoms with Crippen LogP contribution in [0.4, 0.5) is 0 Å². The van der Waals surface area contributed by atoms with Crippen molar-refractivity contribution in [1.29, 1.82) is 0 Å². The molecule has 7 nitrogen and oxygen atoms in total. The largest absolute Gasteiger partial charge is 0.479 e. The summed E-state index contributed by atoms with van der Waals surface area (Å²) in [6.45, 7) is 0. The van der Waals surface area contributed by atoms with Crippen molar-refractivity contribution in [3.8, 4) is 0 Å². The lowest BCUT2D eigenvalue weighted by Crippen LogP contribution is -2.34. The normalized spacial score (nSPS) is 11.6. The highest BCUT2D eigenvalue weighted by Crippen LogP contribution is 2.13. The van der Waals surface area contributed by atoms with Gasteiger partial charge in [-0.25, -0.2) is 4.79 Å². The topological polar surface area (TPSA) is 109 Å². The molecule has 1 aromatic carbocycles. The summed E-state index contributed by atoms with van der Waals surface area (Å²) in [7, 11) is 0. The number of carboxylic acids is 1. The molecule has 108 valence electrons. The molecule has 0 saturated carbocycles. The number of aromatic nitrogens is 1. The summed E-state index contributed by atoms with van der Waals surface area (Å²) in [5.41, 5.74) is -0.306. The number of carbonyl (C=O) groups excluding carboxylic acids is 1. The van der Waals surface area contributed by atoms with Crippen LogP contribution in [0, 0.1) is 0 Å². The lowest BCUT2D eigenvalue weighted by molar-refractivity contribution is -0.139. The molecule has 1 heterocycles. The first-order chi connectivity index (χ1) is 9.99. The fraction of sp³-hybridized carbons (Fsp3) is 0.0714. The number of nitrogens with one attached hydrogen (secondary N) is 1. The summed E-state index contributed by atoms with van der Waals surface area (Å²) < 4.78 is 0.257. The van der Waals surface area contributed by atoms with Crippen LogP contribution in [0.1, 0.15) is 22.0 Å². The zero-order chi connectivity index (χ0) is 15.4. The average molecular weight is 288 g/mol. The lowest BCUT2D eigenvalue weighted by Gasteiger charge is -2.14. The van der Waals surface area contributed by atoms with Crippen molar-refractivity contribution in [3.05, 3.63) is 70.1 Å². The zero-order valence-corrected chi connectivity index (χ0v) is 10.8. The third-order valence-electron chi connectivity index (χ3n) is 2.81. The van der Waals surface area contributed by atoms with Crippen LogP contribution in [-0.4, -0.2) is 26.9 Å². The van der Waals surface area contributed by atoms with Crippen molar-refractivity contribution in [2.24, 2.45) is 0 Å². The smallest absolute Gasteiger partial charge is 0.330 e. The van der Waals surface area contributed by atoms with E-state index in [4.69, 9.17) is 0 Å². The highest BCUT2D eigenvalue weighted by molar-refractivity contribution is 5.96. The number of pyridine rings is 1. The summed E-state index contributed by atoms with van der Waals surface area (Å²) in [4.78, 5) is 34.3. The van der Waals surface area contributed by atoms with Crippen LogP contribution in [0.2, 0.25) is 0 Å². The third kappa shape index (κ3) is 3.27. The number of carbonyl (C=O) groups is 2. The van der Waals surface area contributed by atoms with E-state index in [9.17, 15) is 24.7 Å². The number of hydrogen-bond donors (Lipinski definition) is 3. The van der Waals surface area contributed by atoms with Crippen molar-refractivity contribution in [2.75, 3.05) is 0 Å². The van der Waals surface area contributed by atoms with Gasteiger partial charge in [0.15, 0.2) is 6.04 Å². The van der Waals surface area contributed by atoms with E-state index in [1.54, 1.807) is 30.3 Å². The van der Waals surface area contributed by atoms with E-state index in [1.807, 2.05) is 0 Å². The van der Waals surface area contributed by atoms with E-state index in [0.29, 0.717) is 5.56 Å². The first kappa shape index (κ1) is 14.3. The Bertz CT molecular complexity index is 724. The molecule has 2 aromatic rings. The second-order valence-electron chi connectivity index (χ2n) is 4.26. The van der Waals surface area contributed by atoms with Crippen molar-refractivity contribution < 1.29 is 19.9 Å². The summed E-state index contributed by atoms with van der Waals surface area (Å²) in [5, 5.41) is 20.7. The molecule has 0 aliphatic heterocycles. The van der Waals surface area contributed by atoms with E-state index in [0.717, 1.165) is 12.3 Å². The maximum atomic E-state index is 12.0. The van der Waals surface area contributed by atoms with Crippen LogP contribution in [0.5, 0.6) is 0 Å². The molecule has 0 radical (unpaired) electrons. The van der Waals surface area contributed by atoms with Crippen molar-refractivity contribution in [3.63, 3.8) is 0 Å². The number of aliphatic carboxylic acids is 1. The summed E-state index contributed by atoms with van der Waals surface area (Å²) in [6.07, 6.45) is 0.918. The number of benzene rings is 1. The van der Waals surface area contributed by atoms with Gasteiger partial charge in [0, 0.05) is 6.07 Å². The van der Waals surface area contributed by atoms with Crippen molar-refractivity contribution in [1.82, 2.24) is 10.0 Å². The first-order valence-electron chi connectivity index (χ1n) is 5.99. The Balaban J connectivity index is 2.25. The van der Waals surface area contributed by atoms with Gasteiger partial charge in [-0.2, -0.15) is 4.73 Å². The van der Waals surface area contributed by atoms with Gasteiger partial charge in [-0.05, 0) is 11.6 Å². The van der Waals surface area contributed by atoms with Gasteiger partial charge in [0.05, 0.1) is 11.8 Å². The Morgan fingerprint density at radius 3 is 2.33 bits per heavy atom. The average Bonchev–Trinajstić information content (AvgIpc) is 2.48. The maximum absolute atomic E-state index is 12.0. The first-order valence-corrected chi connectivity index (χ1v) is 5.99. The van der Waals surface area contributed by atoms with E-state index in [2.05, 4.69) is 5.32 Å². The molecule has 1 amide bonds. The second-order valence-corrected chi connectivity index (χ2v) is 4.26. The molecule has 0 bridgehead atoms. The molecule has 0 aliphatic rings. The Kier molecular flexibility index (Phi) is 4.03. The Labute approximate surface area is 119 Å². The van der Waals surface area contributed by atoms with Gasteiger partial charge in [0.25, 0.3) is 11.5 Å². The van der Waals surface area contributed by atoms with Crippen molar-refractivity contribution in [2.45, 2.75) is 6.04 Å². The molecule has 0 fully saturated rings. The SMILES string of the molecule is O=C(NC(C(=O)O)c1ccccc1)c1ccc(=O)n(O)c1. The van der Waals surface area contributed by atoms with Crippen molar-refractivity contribution >= 4 is 11.9 Å². The molecule has 3 N–H and O–H groups in total. The number of nitrogens with zero attached hydrogens (tertiary/aromatic N) is 1. The fourth-order valence-corrected chi connectivity index (χ4v) is 1.76. The fourth-order valence-electron chi connectivity index (χ4n) is 1.76. The summed E-state index contributed by atoms with van der Waals surface area (Å²) in [6, 6.07) is 9.18. The van der Waals surface area contributed by atoms with Gasteiger partial charge in [0.2, 0.25) is 0 Å². The van der Waals surface area contributed by atoms with Gasteiger partial charge in [-0.3, -0.25) is 9.59 Å². The highest BCUT2D eigenvalue weighted by atomic mass is 16.5. The molecular weight excluding hydrogens is 276 g/mol. The Hall–Kier alpha value is -3.09. The van der Waals surface area contributed by atoms with Gasteiger partial charge >= 0.3 is 5.97 Å². The zero-order valence-electron chi connectivity index (χ0n) is 10.8. The monoisotopic (exact) mass is 288 g/mol. The standard InChI is InChI=1S/C14H12N2O5/c17-11-7-6-10(8-16(11)21)13(18)15-12(14(19)20)9-4-2-1-3-5-9/h1-8,12,21H,(H,15,18)(H,19,20). The quantitative estimate of drug-likeness (QED) is 0.715. The minimum atomic E-state index is -1.22. The van der Waals surface area contributed by atoms with Crippen LogP contribution >= 0.6 is 0 Å². The third-order valence-corrected chi connectivity index (χ3v) is 2.81. The maximum Gasteiger partial charge on any atom is 0.330 e. The Morgan fingerprint density at radius 2 is 1.76 bits per heavy atom. The predicted molar refractivity (Wildman–Crippen MR) is 72.2 cm³/mol. The van der Waals surface area contributed by atoms with Crippen LogP contribution in [0.25, 0.3) is 0 Å². The molecule has 21 heavy (non-hydrogen) atoms. The molecule has 1 unspecified atom stereocenters. The molecule has 1 aromatic heterocycles. The molecule has 1 atom stereocenters.